The first kappa shape index (κ1) is 23.8. The van der Waals surface area contributed by atoms with E-state index in [1.54, 1.807) is 63.0 Å². The predicted octanol–water partition coefficient (Wildman–Crippen LogP) is 4.69. The second-order valence-corrected chi connectivity index (χ2v) is 8.89. The molecule has 0 spiro atoms. The Labute approximate surface area is 186 Å². The van der Waals surface area contributed by atoms with Gasteiger partial charge in [-0.05, 0) is 74.9 Å². The van der Waals surface area contributed by atoms with E-state index in [0.29, 0.717) is 22.9 Å². The molecule has 2 aromatic carbocycles. The average molecular weight is 449 g/mol. The van der Waals surface area contributed by atoms with Gasteiger partial charge in [0.1, 0.15) is 11.4 Å². The van der Waals surface area contributed by atoms with Gasteiger partial charge in [-0.25, -0.2) is 10.2 Å². The number of esters is 1. The standard InChI is InChI=1S/C22H25ClN2O4S/c1-22(2,3)29-21(27)15-28-18-8-4-16(5-9-18)14-24-25-20(26)12-13-30-19-10-6-17(23)7-11-19/h4-11,14H,12-13,15H2,1-3H3,(H,25,26). The van der Waals surface area contributed by atoms with Crippen molar-refractivity contribution in [1.29, 1.82) is 0 Å². The molecule has 6 nitrogen and oxygen atoms in total. The number of amides is 1. The van der Waals surface area contributed by atoms with Crippen LogP contribution >= 0.6 is 23.4 Å². The molecule has 0 aromatic heterocycles. The zero-order valence-electron chi connectivity index (χ0n) is 17.2. The van der Waals surface area contributed by atoms with Crippen LogP contribution in [0.2, 0.25) is 5.02 Å². The minimum absolute atomic E-state index is 0.158. The number of carbonyl (C=O) groups is 2. The third-order valence-electron chi connectivity index (χ3n) is 3.47. The molecule has 0 atom stereocenters. The minimum Gasteiger partial charge on any atom is -0.482 e. The van der Waals surface area contributed by atoms with Gasteiger partial charge in [-0.2, -0.15) is 5.10 Å². The largest absolute Gasteiger partial charge is 0.482 e. The van der Waals surface area contributed by atoms with Crippen molar-refractivity contribution in [2.45, 2.75) is 37.7 Å². The number of thioether (sulfide) groups is 1. The van der Waals surface area contributed by atoms with Crippen LogP contribution in [0.15, 0.2) is 58.5 Å². The first-order valence-corrected chi connectivity index (χ1v) is 10.7. The molecule has 0 saturated carbocycles. The van der Waals surface area contributed by atoms with Gasteiger partial charge in [0.2, 0.25) is 5.91 Å². The van der Waals surface area contributed by atoms with E-state index < -0.39 is 11.6 Å². The molecule has 0 unspecified atom stereocenters. The number of hydrazone groups is 1. The molecule has 0 radical (unpaired) electrons. The maximum Gasteiger partial charge on any atom is 0.344 e. The number of halogens is 1. The molecule has 30 heavy (non-hydrogen) atoms. The van der Waals surface area contributed by atoms with Crippen LogP contribution in [0, 0.1) is 0 Å². The van der Waals surface area contributed by atoms with Gasteiger partial charge < -0.3 is 9.47 Å². The van der Waals surface area contributed by atoms with E-state index >= 15 is 0 Å². The van der Waals surface area contributed by atoms with Crippen molar-refractivity contribution in [3.63, 3.8) is 0 Å². The highest BCUT2D eigenvalue weighted by Crippen LogP contribution is 2.20. The van der Waals surface area contributed by atoms with Gasteiger partial charge in [-0.15, -0.1) is 11.8 Å². The van der Waals surface area contributed by atoms with Crippen LogP contribution in [0.4, 0.5) is 0 Å². The summed E-state index contributed by atoms with van der Waals surface area (Å²) in [4.78, 5) is 24.6. The Bertz CT molecular complexity index is 862. The van der Waals surface area contributed by atoms with Crippen molar-refractivity contribution in [3.05, 3.63) is 59.1 Å². The van der Waals surface area contributed by atoms with Crippen LogP contribution in [0.3, 0.4) is 0 Å². The van der Waals surface area contributed by atoms with Crippen LogP contribution in [0.1, 0.15) is 32.8 Å². The third-order valence-corrected chi connectivity index (χ3v) is 4.74. The highest BCUT2D eigenvalue weighted by atomic mass is 35.5. The van der Waals surface area contributed by atoms with Gasteiger partial charge in [0, 0.05) is 22.1 Å². The number of nitrogens with one attached hydrogen (secondary N) is 1. The first-order valence-electron chi connectivity index (χ1n) is 9.36. The molecule has 0 fully saturated rings. The molecular formula is C22H25ClN2O4S. The number of carbonyl (C=O) groups excluding carboxylic acids is 2. The van der Waals surface area contributed by atoms with E-state index in [0.717, 1.165) is 10.5 Å². The average Bonchev–Trinajstić information content (AvgIpc) is 2.68. The van der Waals surface area contributed by atoms with E-state index in [-0.39, 0.29) is 12.5 Å². The fourth-order valence-corrected chi connectivity index (χ4v) is 3.17. The summed E-state index contributed by atoms with van der Waals surface area (Å²) in [5, 5.41) is 4.65. The molecule has 0 aliphatic carbocycles. The SMILES string of the molecule is CC(C)(C)OC(=O)COc1ccc(C=NNC(=O)CCSc2ccc(Cl)cc2)cc1. The van der Waals surface area contributed by atoms with Gasteiger partial charge >= 0.3 is 5.97 Å². The van der Waals surface area contributed by atoms with Gasteiger partial charge in [0.15, 0.2) is 6.61 Å². The molecule has 0 saturated heterocycles. The molecule has 0 aliphatic heterocycles. The molecule has 160 valence electrons. The van der Waals surface area contributed by atoms with E-state index in [4.69, 9.17) is 21.1 Å². The molecular weight excluding hydrogens is 424 g/mol. The van der Waals surface area contributed by atoms with Crippen molar-refractivity contribution in [1.82, 2.24) is 5.43 Å². The van der Waals surface area contributed by atoms with Gasteiger partial charge in [-0.1, -0.05) is 11.6 Å². The second-order valence-electron chi connectivity index (χ2n) is 7.29. The number of rotatable bonds is 9. The highest BCUT2D eigenvalue weighted by Gasteiger charge is 2.16. The van der Waals surface area contributed by atoms with Crippen molar-refractivity contribution >= 4 is 41.5 Å². The lowest BCUT2D eigenvalue weighted by atomic mass is 10.2. The molecule has 1 N–H and O–H groups in total. The monoisotopic (exact) mass is 448 g/mol. The van der Waals surface area contributed by atoms with Crippen LogP contribution in [-0.4, -0.2) is 36.1 Å². The Morgan fingerprint density at radius 1 is 1.10 bits per heavy atom. The molecule has 0 heterocycles. The Kier molecular flexibility index (Phi) is 9.20. The van der Waals surface area contributed by atoms with E-state index in [9.17, 15) is 9.59 Å². The smallest absolute Gasteiger partial charge is 0.344 e. The van der Waals surface area contributed by atoms with Crippen LogP contribution in [0.5, 0.6) is 5.75 Å². The highest BCUT2D eigenvalue weighted by molar-refractivity contribution is 7.99. The fraction of sp³-hybridized carbons (Fsp3) is 0.318. The summed E-state index contributed by atoms with van der Waals surface area (Å²) in [7, 11) is 0. The second kappa shape index (κ2) is 11.6. The molecule has 8 heteroatoms. The van der Waals surface area contributed by atoms with E-state index in [2.05, 4.69) is 10.5 Å². The first-order chi connectivity index (χ1) is 14.2. The summed E-state index contributed by atoms with van der Waals surface area (Å²) < 4.78 is 10.6. The Balaban J connectivity index is 1.68. The minimum atomic E-state index is -0.542. The number of nitrogens with zero attached hydrogens (tertiary/aromatic N) is 1. The lowest BCUT2D eigenvalue weighted by Gasteiger charge is -2.19. The van der Waals surface area contributed by atoms with E-state index in [1.165, 1.54) is 0 Å². The van der Waals surface area contributed by atoms with E-state index in [1.807, 2.05) is 24.3 Å². The number of benzene rings is 2. The molecule has 0 bridgehead atoms. The van der Waals surface area contributed by atoms with Crippen LogP contribution in [-0.2, 0) is 14.3 Å². The van der Waals surface area contributed by atoms with Gasteiger partial charge in [-0.3, -0.25) is 4.79 Å². The Hall–Kier alpha value is -2.51. The molecule has 1 amide bonds. The lowest BCUT2D eigenvalue weighted by Crippen LogP contribution is -2.27. The van der Waals surface area contributed by atoms with Crippen molar-refractivity contribution in [3.8, 4) is 5.75 Å². The summed E-state index contributed by atoms with van der Waals surface area (Å²) in [5.41, 5.74) is 2.75. The Morgan fingerprint density at radius 3 is 2.40 bits per heavy atom. The topological polar surface area (TPSA) is 77.0 Å². The maximum absolute atomic E-state index is 11.9. The molecule has 0 aliphatic rings. The lowest BCUT2D eigenvalue weighted by molar-refractivity contribution is -0.157. The van der Waals surface area contributed by atoms with Crippen LogP contribution in [0.25, 0.3) is 0 Å². The van der Waals surface area contributed by atoms with Gasteiger partial charge in [0.05, 0.1) is 6.21 Å². The molecule has 2 aromatic rings. The third kappa shape index (κ3) is 9.80. The maximum atomic E-state index is 11.9. The predicted molar refractivity (Wildman–Crippen MR) is 120 cm³/mol. The summed E-state index contributed by atoms with van der Waals surface area (Å²) >= 11 is 7.43. The van der Waals surface area contributed by atoms with Crippen LogP contribution < -0.4 is 10.2 Å². The molecule has 2 rings (SSSR count). The summed E-state index contributed by atoms with van der Waals surface area (Å²) in [5.74, 6) is 0.600. The summed E-state index contributed by atoms with van der Waals surface area (Å²) in [6.45, 7) is 5.25. The summed E-state index contributed by atoms with van der Waals surface area (Å²) in [6, 6.07) is 14.5. The summed E-state index contributed by atoms with van der Waals surface area (Å²) in [6.07, 6.45) is 1.89. The number of hydrogen-bond donors (Lipinski definition) is 1. The van der Waals surface area contributed by atoms with Gasteiger partial charge in [0.25, 0.3) is 0 Å². The number of ether oxygens (including phenoxy) is 2. The zero-order chi connectivity index (χ0) is 22.0. The van der Waals surface area contributed by atoms with Crippen molar-refractivity contribution in [2.75, 3.05) is 12.4 Å². The normalized spacial score (nSPS) is 11.3. The fourth-order valence-electron chi connectivity index (χ4n) is 2.19. The van der Waals surface area contributed by atoms with Crippen molar-refractivity contribution < 1.29 is 19.1 Å². The quantitative estimate of drug-likeness (QED) is 0.260. The van der Waals surface area contributed by atoms with Crippen molar-refractivity contribution in [2.24, 2.45) is 5.10 Å². The Morgan fingerprint density at radius 2 is 1.77 bits per heavy atom. The zero-order valence-corrected chi connectivity index (χ0v) is 18.8. The number of hydrogen-bond acceptors (Lipinski definition) is 6.